The summed E-state index contributed by atoms with van der Waals surface area (Å²) in [5, 5.41) is 5.56. The molecule has 2 rings (SSSR count). The van der Waals surface area contributed by atoms with Crippen LogP contribution >= 0.6 is 0 Å². The highest BCUT2D eigenvalue weighted by Crippen LogP contribution is 2.20. The number of nitrogens with one attached hydrogen (secondary N) is 2. The van der Waals surface area contributed by atoms with E-state index in [1.807, 2.05) is 0 Å². The number of hydrogen-bond acceptors (Lipinski definition) is 3. The minimum absolute atomic E-state index is 0.102. The van der Waals surface area contributed by atoms with E-state index in [9.17, 15) is 9.59 Å². The van der Waals surface area contributed by atoms with Gasteiger partial charge in [0.25, 0.3) is 5.91 Å². The van der Waals surface area contributed by atoms with Crippen LogP contribution in [-0.2, 0) is 4.79 Å². The molecule has 18 heavy (non-hydrogen) atoms. The van der Waals surface area contributed by atoms with Crippen molar-refractivity contribution in [1.82, 2.24) is 5.32 Å². The van der Waals surface area contributed by atoms with Gasteiger partial charge in [0.2, 0.25) is 5.91 Å². The van der Waals surface area contributed by atoms with Gasteiger partial charge in [-0.25, -0.2) is 0 Å². The van der Waals surface area contributed by atoms with Crippen LogP contribution < -0.4 is 16.4 Å². The van der Waals surface area contributed by atoms with Crippen LogP contribution in [0.5, 0.6) is 0 Å². The molecule has 2 amide bonds. The Morgan fingerprint density at radius 1 is 1.39 bits per heavy atom. The molecular formula is C13H17N3O2. The summed E-state index contributed by atoms with van der Waals surface area (Å²) in [7, 11) is 0. The van der Waals surface area contributed by atoms with E-state index in [0.717, 1.165) is 12.8 Å². The van der Waals surface area contributed by atoms with Crippen molar-refractivity contribution >= 4 is 17.5 Å². The van der Waals surface area contributed by atoms with Crippen molar-refractivity contribution < 1.29 is 9.59 Å². The predicted molar refractivity (Wildman–Crippen MR) is 69.2 cm³/mol. The summed E-state index contributed by atoms with van der Waals surface area (Å²) in [4.78, 5) is 23.3. The van der Waals surface area contributed by atoms with Crippen LogP contribution in [0.2, 0.25) is 0 Å². The van der Waals surface area contributed by atoms with Crippen molar-refractivity contribution in [2.45, 2.75) is 31.8 Å². The van der Waals surface area contributed by atoms with E-state index in [1.54, 1.807) is 31.2 Å². The van der Waals surface area contributed by atoms with Gasteiger partial charge in [0.1, 0.15) is 0 Å². The van der Waals surface area contributed by atoms with Crippen LogP contribution in [0.25, 0.3) is 0 Å². The monoisotopic (exact) mass is 247 g/mol. The van der Waals surface area contributed by atoms with Gasteiger partial charge in [0, 0.05) is 17.3 Å². The zero-order valence-corrected chi connectivity index (χ0v) is 10.3. The third-order valence-corrected chi connectivity index (χ3v) is 2.72. The first-order chi connectivity index (χ1) is 8.56. The normalized spacial score (nSPS) is 15.9. The van der Waals surface area contributed by atoms with Crippen LogP contribution in [-0.4, -0.2) is 23.9 Å². The average molecular weight is 247 g/mol. The van der Waals surface area contributed by atoms with Crippen molar-refractivity contribution in [3.05, 3.63) is 29.8 Å². The third kappa shape index (κ3) is 3.30. The quantitative estimate of drug-likeness (QED) is 0.738. The van der Waals surface area contributed by atoms with Crippen LogP contribution in [0.3, 0.4) is 0 Å². The first-order valence-electron chi connectivity index (χ1n) is 6.03. The summed E-state index contributed by atoms with van der Waals surface area (Å²) in [5.74, 6) is -0.371. The Bertz CT molecular complexity index is 467. The number of nitrogens with two attached hydrogens (primary N) is 1. The Labute approximate surface area is 106 Å². The number of carbonyl (C=O) groups excluding carboxylic acids is 2. The zero-order valence-electron chi connectivity index (χ0n) is 10.3. The predicted octanol–water partition coefficient (Wildman–Crippen LogP) is 0.864. The minimum atomic E-state index is -0.575. The molecule has 0 aliphatic heterocycles. The van der Waals surface area contributed by atoms with E-state index in [2.05, 4.69) is 10.6 Å². The maximum Gasteiger partial charge on any atom is 0.251 e. The first-order valence-corrected chi connectivity index (χ1v) is 6.03. The highest BCUT2D eigenvalue weighted by Gasteiger charge is 2.23. The van der Waals surface area contributed by atoms with E-state index in [0.29, 0.717) is 17.3 Å². The molecule has 0 bridgehead atoms. The number of amides is 2. The van der Waals surface area contributed by atoms with Crippen molar-refractivity contribution in [2.24, 2.45) is 5.73 Å². The summed E-state index contributed by atoms with van der Waals surface area (Å²) >= 11 is 0. The standard InChI is InChI=1S/C13H17N3O2/c1-8(14)12(17)16-11-4-2-3-9(7-11)13(18)15-10-5-6-10/h2-4,7-8,10H,5-6,14H2,1H3,(H,15,18)(H,16,17). The van der Waals surface area contributed by atoms with E-state index < -0.39 is 6.04 Å². The fraction of sp³-hybridized carbons (Fsp3) is 0.385. The van der Waals surface area contributed by atoms with Gasteiger partial charge < -0.3 is 16.4 Å². The molecule has 0 radical (unpaired) electrons. The van der Waals surface area contributed by atoms with Crippen molar-refractivity contribution in [3.63, 3.8) is 0 Å². The highest BCUT2D eigenvalue weighted by molar-refractivity contribution is 5.98. The van der Waals surface area contributed by atoms with Crippen molar-refractivity contribution in [2.75, 3.05) is 5.32 Å². The maximum atomic E-state index is 11.8. The first kappa shape index (κ1) is 12.6. The molecule has 1 saturated carbocycles. The van der Waals surface area contributed by atoms with E-state index in [4.69, 9.17) is 5.73 Å². The molecule has 1 aliphatic carbocycles. The Morgan fingerprint density at radius 2 is 2.11 bits per heavy atom. The van der Waals surface area contributed by atoms with Gasteiger partial charge in [-0.05, 0) is 38.0 Å². The van der Waals surface area contributed by atoms with Crippen LogP contribution in [0, 0.1) is 0 Å². The fourth-order valence-electron chi connectivity index (χ4n) is 1.49. The molecule has 0 saturated heterocycles. The van der Waals surface area contributed by atoms with Crippen molar-refractivity contribution in [3.8, 4) is 0 Å². The largest absolute Gasteiger partial charge is 0.349 e. The van der Waals surface area contributed by atoms with Gasteiger partial charge in [-0.2, -0.15) is 0 Å². The van der Waals surface area contributed by atoms with Gasteiger partial charge in [0.15, 0.2) is 0 Å². The summed E-state index contributed by atoms with van der Waals surface area (Å²) in [6.45, 7) is 1.61. The van der Waals surface area contributed by atoms with E-state index in [-0.39, 0.29) is 11.8 Å². The lowest BCUT2D eigenvalue weighted by molar-refractivity contribution is -0.117. The van der Waals surface area contributed by atoms with Gasteiger partial charge >= 0.3 is 0 Å². The zero-order chi connectivity index (χ0) is 13.1. The van der Waals surface area contributed by atoms with Crippen LogP contribution in [0.15, 0.2) is 24.3 Å². The number of rotatable bonds is 4. The summed E-state index contributed by atoms with van der Waals surface area (Å²) in [5.41, 5.74) is 6.59. The Kier molecular flexibility index (Phi) is 3.62. The number of anilines is 1. The third-order valence-electron chi connectivity index (χ3n) is 2.72. The lowest BCUT2D eigenvalue weighted by Crippen LogP contribution is -2.32. The molecule has 0 aromatic heterocycles. The highest BCUT2D eigenvalue weighted by atomic mass is 16.2. The molecule has 1 fully saturated rings. The molecule has 1 atom stereocenters. The van der Waals surface area contributed by atoms with Gasteiger partial charge in [0.05, 0.1) is 6.04 Å². The molecule has 0 spiro atoms. The Balaban J connectivity index is 2.04. The lowest BCUT2D eigenvalue weighted by atomic mass is 10.2. The van der Waals surface area contributed by atoms with Gasteiger partial charge in [-0.15, -0.1) is 0 Å². The van der Waals surface area contributed by atoms with Gasteiger partial charge in [-0.1, -0.05) is 6.07 Å². The summed E-state index contributed by atoms with van der Waals surface area (Å²) < 4.78 is 0. The molecule has 5 nitrogen and oxygen atoms in total. The minimum Gasteiger partial charge on any atom is -0.349 e. The lowest BCUT2D eigenvalue weighted by Gasteiger charge is -2.09. The van der Waals surface area contributed by atoms with Crippen LogP contribution in [0.1, 0.15) is 30.1 Å². The fourth-order valence-corrected chi connectivity index (χ4v) is 1.49. The van der Waals surface area contributed by atoms with E-state index >= 15 is 0 Å². The number of hydrogen-bond donors (Lipinski definition) is 3. The SMILES string of the molecule is CC(N)C(=O)Nc1cccc(C(=O)NC2CC2)c1. The molecule has 4 N–H and O–H groups in total. The number of carbonyl (C=O) groups is 2. The summed E-state index contributed by atoms with van der Waals surface area (Å²) in [6, 6.07) is 6.58. The van der Waals surface area contributed by atoms with Gasteiger partial charge in [-0.3, -0.25) is 9.59 Å². The molecule has 1 aliphatic rings. The second-order valence-corrected chi connectivity index (χ2v) is 4.61. The molecule has 96 valence electrons. The number of benzene rings is 1. The molecule has 1 aromatic carbocycles. The molecule has 5 heteroatoms. The van der Waals surface area contributed by atoms with E-state index in [1.165, 1.54) is 0 Å². The topological polar surface area (TPSA) is 84.2 Å². The average Bonchev–Trinajstić information content (AvgIpc) is 3.13. The molecular weight excluding hydrogens is 230 g/mol. The smallest absolute Gasteiger partial charge is 0.251 e. The second kappa shape index (κ2) is 5.18. The Morgan fingerprint density at radius 3 is 2.72 bits per heavy atom. The molecule has 0 heterocycles. The Hall–Kier alpha value is -1.88. The molecule has 1 unspecified atom stereocenters. The second-order valence-electron chi connectivity index (χ2n) is 4.61. The van der Waals surface area contributed by atoms with Crippen molar-refractivity contribution in [1.29, 1.82) is 0 Å². The molecule has 1 aromatic rings. The van der Waals surface area contributed by atoms with Crippen LogP contribution in [0.4, 0.5) is 5.69 Å². The summed E-state index contributed by atoms with van der Waals surface area (Å²) in [6.07, 6.45) is 2.10. The maximum absolute atomic E-state index is 11.8.